The SMILES string of the molecule is Cn1nccc1-c1oc(C(=O)NC(CNC(=O)OC(C)(C)C)Cc2ccccc2)cc1Br. The smallest absolute Gasteiger partial charge is 0.407 e. The summed E-state index contributed by atoms with van der Waals surface area (Å²) in [6, 6.07) is 12.8. The maximum absolute atomic E-state index is 12.9. The summed E-state index contributed by atoms with van der Waals surface area (Å²) < 4.78 is 13.4. The summed E-state index contributed by atoms with van der Waals surface area (Å²) >= 11 is 3.45. The van der Waals surface area contributed by atoms with Crippen molar-refractivity contribution >= 4 is 27.9 Å². The minimum atomic E-state index is -0.606. The number of nitrogens with zero attached hydrogens (tertiary/aromatic N) is 2. The zero-order chi connectivity index (χ0) is 23.3. The lowest BCUT2D eigenvalue weighted by Gasteiger charge is -2.22. The maximum Gasteiger partial charge on any atom is 0.407 e. The number of alkyl carbamates (subject to hydrolysis) is 1. The number of halogens is 1. The van der Waals surface area contributed by atoms with Gasteiger partial charge in [0.2, 0.25) is 0 Å². The lowest BCUT2D eigenvalue weighted by atomic mass is 10.1. The zero-order valence-corrected chi connectivity index (χ0v) is 20.1. The number of furan rings is 1. The fourth-order valence-electron chi connectivity index (χ4n) is 3.10. The van der Waals surface area contributed by atoms with Crippen LogP contribution in [0.5, 0.6) is 0 Å². The molecule has 2 N–H and O–H groups in total. The molecule has 0 saturated carbocycles. The van der Waals surface area contributed by atoms with Crippen LogP contribution in [0.1, 0.15) is 36.9 Å². The van der Waals surface area contributed by atoms with E-state index in [1.54, 1.807) is 50.8 Å². The molecule has 0 spiro atoms. The minimum Gasteiger partial charge on any atom is -0.448 e. The number of carbonyl (C=O) groups is 2. The van der Waals surface area contributed by atoms with Gasteiger partial charge in [-0.25, -0.2) is 4.79 Å². The molecule has 0 radical (unpaired) electrons. The van der Waals surface area contributed by atoms with Crippen molar-refractivity contribution in [1.29, 1.82) is 0 Å². The lowest BCUT2D eigenvalue weighted by Crippen LogP contribution is -2.46. The topological polar surface area (TPSA) is 98.4 Å². The van der Waals surface area contributed by atoms with Gasteiger partial charge in [-0.15, -0.1) is 0 Å². The number of benzene rings is 1. The molecule has 2 heterocycles. The molecule has 170 valence electrons. The predicted molar refractivity (Wildman–Crippen MR) is 124 cm³/mol. The van der Waals surface area contributed by atoms with Crippen molar-refractivity contribution in [3.05, 3.63) is 64.5 Å². The van der Waals surface area contributed by atoms with Gasteiger partial charge in [0, 0.05) is 25.9 Å². The summed E-state index contributed by atoms with van der Waals surface area (Å²) in [7, 11) is 1.79. The molecule has 0 aliphatic rings. The van der Waals surface area contributed by atoms with Gasteiger partial charge in [0.05, 0.1) is 10.5 Å². The highest BCUT2D eigenvalue weighted by Crippen LogP contribution is 2.31. The summed E-state index contributed by atoms with van der Waals surface area (Å²) in [5, 5.41) is 9.82. The number of hydrogen-bond acceptors (Lipinski definition) is 5. The number of aryl methyl sites for hydroxylation is 1. The second-order valence-electron chi connectivity index (χ2n) is 8.37. The van der Waals surface area contributed by atoms with Crippen LogP contribution in [0.4, 0.5) is 4.79 Å². The Morgan fingerprint density at radius 3 is 2.56 bits per heavy atom. The number of ether oxygens (including phenoxy) is 1. The summed E-state index contributed by atoms with van der Waals surface area (Å²) in [5.41, 5.74) is 1.16. The molecule has 0 saturated heterocycles. The number of hydrogen-bond donors (Lipinski definition) is 2. The molecule has 3 rings (SSSR count). The number of nitrogens with one attached hydrogen (secondary N) is 2. The number of aromatic nitrogens is 2. The van der Waals surface area contributed by atoms with Crippen LogP contribution in [0.3, 0.4) is 0 Å². The monoisotopic (exact) mass is 502 g/mol. The standard InChI is InChI=1S/C23H27BrN4O4/c1-23(2,3)32-22(30)25-14-16(12-15-8-6-5-7-9-15)27-21(29)19-13-17(24)20(31-19)18-10-11-26-28(18)4/h5-11,13,16H,12,14H2,1-4H3,(H,25,30)(H,27,29). The Labute approximate surface area is 195 Å². The zero-order valence-electron chi connectivity index (χ0n) is 18.5. The molecule has 9 heteroatoms. The number of carbonyl (C=O) groups excluding carboxylic acids is 2. The summed E-state index contributed by atoms with van der Waals surface area (Å²) in [5.74, 6) is 0.288. The van der Waals surface area contributed by atoms with Crippen molar-refractivity contribution in [3.8, 4) is 11.5 Å². The van der Waals surface area contributed by atoms with Crippen LogP contribution in [-0.2, 0) is 18.2 Å². The van der Waals surface area contributed by atoms with Gasteiger partial charge in [-0.3, -0.25) is 9.48 Å². The normalized spacial score (nSPS) is 12.3. The first kappa shape index (κ1) is 23.6. The molecular weight excluding hydrogens is 476 g/mol. The third kappa shape index (κ3) is 6.46. The largest absolute Gasteiger partial charge is 0.448 e. The van der Waals surface area contributed by atoms with Crippen molar-refractivity contribution in [1.82, 2.24) is 20.4 Å². The Bertz CT molecular complexity index is 1070. The van der Waals surface area contributed by atoms with E-state index in [2.05, 4.69) is 31.7 Å². The van der Waals surface area contributed by atoms with Crippen molar-refractivity contribution in [2.75, 3.05) is 6.54 Å². The number of rotatable bonds is 7. The van der Waals surface area contributed by atoms with Crippen LogP contribution < -0.4 is 10.6 Å². The van der Waals surface area contributed by atoms with Crippen molar-refractivity contribution in [3.63, 3.8) is 0 Å². The predicted octanol–water partition coefficient (Wildman–Crippen LogP) is 4.31. The Kier molecular flexibility index (Phi) is 7.40. The Morgan fingerprint density at radius 2 is 1.94 bits per heavy atom. The Hall–Kier alpha value is -3.07. The van der Waals surface area contributed by atoms with E-state index in [-0.39, 0.29) is 24.3 Å². The van der Waals surface area contributed by atoms with Gasteiger partial charge in [0.1, 0.15) is 11.3 Å². The second-order valence-corrected chi connectivity index (χ2v) is 9.23. The molecule has 3 aromatic rings. The van der Waals surface area contributed by atoms with Gasteiger partial charge in [-0.2, -0.15) is 5.10 Å². The molecule has 8 nitrogen and oxygen atoms in total. The molecule has 1 unspecified atom stereocenters. The molecule has 2 amide bonds. The van der Waals surface area contributed by atoms with Gasteiger partial charge >= 0.3 is 6.09 Å². The third-order valence-electron chi connectivity index (χ3n) is 4.52. The maximum atomic E-state index is 12.9. The first-order valence-electron chi connectivity index (χ1n) is 10.2. The van der Waals surface area contributed by atoms with Crippen LogP contribution in [-0.4, -0.2) is 40.0 Å². The van der Waals surface area contributed by atoms with Crippen LogP contribution >= 0.6 is 15.9 Å². The first-order valence-corrected chi connectivity index (χ1v) is 11.0. The van der Waals surface area contributed by atoms with Crippen LogP contribution in [0.2, 0.25) is 0 Å². The van der Waals surface area contributed by atoms with Gasteiger partial charge in [0.25, 0.3) is 5.91 Å². The average molecular weight is 503 g/mol. The van der Waals surface area contributed by atoms with Gasteiger partial charge in [-0.1, -0.05) is 30.3 Å². The van der Waals surface area contributed by atoms with E-state index in [0.29, 0.717) is 16.7 Å². The van der Waals surface area contributed by atoms with Gasteiger partial charge in [0.15, 0.2) is 11.5 Å². The first-order chi connectivity index (χ1) is 15.1. The van der Waals surface area contributed by atoms with Crippen LogP contribution in [0, 0.1) is 0 Å². The summed E-state index contributed by atoms with van der Waals surface area (Å²) in [6.07, 6.45) is 1.64. The third-order valence-corrected chi connectivity index (χ3v) is 5.10. The van der Waals surface area contributed by atoms with Crippen molar-refractivity contribution in [2.24, 2.45) is 7.05 Å². The van der Waals surface area contributed by atoms with Gasteiger partial charge in [-0.05, 0) is 54.8 Å². The van der Waals surface area contributed by atoms with Crippen LogP contribution in [0.15, 0.2) is 57.6 Å². The fraction of sp³-hybridized carbons (Fsp3) is 0.348. The highest BCUT2D eigenvalue weighted by molar-refractivity contribution is 9.10. The van der Waals surface area contributed by atoms with Gasteiger partial charge < -0.3 is 19.8 Å². The minimum absolute atomic E-state index is 0.156. The van der Waals surface area contributed by atoms with Crippen LogP contribution in [0.25, 0.3) is 11.5 Å². The lowest BCUT2D eigenvalue weighted by molar-refractivity contribution is 0.0519. The molecule has 0 bridgehead atoms. The van der Waals surface area contributed by atoms with E-state index in [1.165, 1.54) is 0 Å². The molecule has 1 atom stereocenters. The highest BCUT2D eigenvalue weighted by atomic mass is 79.9. The molecular formula is C23H27BrN4O4. The van der Waals surface area contributed by atoms with Crippen molar-refractivity contribution < 1.29 is 18.7 Å². The quantitative estimate of drug-likeness (QED) is 0.501. The molecule has 32 heavy (non-hydrogen) atoms. The molecule has 0 aliphatic heterocycles. The fourth-order valence-corrected chi connectivity index (χ4v) is 3.59. The van der Waals surface area contributed by atoms with E-state index in [0.717, 1.165) is 11.3 Å². The highest BCUT2D eigenvalue weighted by Gasteiger charge is 2.23. The molecule has 2 aromatic heterocycles. The Morgan fingerprint density at radius 1 is 1.22 bits per heavy atom. The summed E-state index contributed by atoms with van der Waals surface area (Å²) in [4.78, 5) is 25.1. The Balaban J connectivity index is 1.73. The number of amides is 2. The molecule has 0 fully saturated rings. The van der Waals surface area contributed by atoms with Crippen molar-refractivity contribution in [2.45, 2.75) is 38.8 Å². The second kappa shape index (κ2) is 10.0. The van der Waals surface area contributed by atoms with E-state index >= 15 is 0 Å². The van der Waals surface area contributed by atoms with E-state index in [4.69, 9.17) is 9.15 Å². The average Bonchev–Trinajstić information content (AvgIpc) is 3.30. The van der Waals surface area contributed by atoms with E-state index in [1.807, 2.05) is 30.3 Å². The van der Waals surface area contributed by atoms with E-state index in [9.17, 15) is 9.59 Å². The molecule has 0 aliphatic carbocycles. The van der Waals surface area contributed by atoms with E-state index < -0.39 is 11.7 Å². The summed E-state index contributed by atoms with van der Waals surface area (Å²) in [6.45, 7) is 5.59. The molecule has 1 aromatic carbocycles.